The molecule has 0 radical (unpaired) electrons. The zero-order chi connectivity index (χ0) is 35.5. The summed E-state index contributed by atoms with van der Waals surface area (Å²) in [5.41, 5.74) is 0.763. The standard InChI is InChI=1S/C15H13F2NO3S.C15H11F2NO2S.C4H8O/c1-10-2-5-12(6-3-10)22(20,21)15(18-9-19)13-8-11(16)4-7-14(13)17;1-10-3-6-12(7-4-10)21(19,20)15(18-2)13-9-11(16)5-8-14(13)17;1-2-4-5-3-1/h2-9,15H,1H3,(H,18,19);3-9,15H,1H3;1-4H2. The van der Waals surface area contributed by atoms with Gasteiger partial charge in [0.1, 0.15) is 23.3 Å². The van der Waals surface area contributed by atoms with Crippen molar-refractivity contribution in [3.05, 3.63) is 142 Å². The van der Waals surface area contributed by atoms with Crippen molar-refractivity contribution in [2.24, 2.45) is 0 Å². The lowest BCUT2D eigenvalue weighted by molar-refractivity contribution is -0.109. The fraction of sp³-hybridized carbons (Fsp3) is 0.235. The molecule has 8 nitrogen and oxygen atoms in total. The molecule has 1 N–H and O–H groups in total. The Hall–Kier alpha value is -4.58. The van der Waals surface area contributed by atoms with Gasteiger partial charge in [-0.1, -0.05) is 35.4 Å². The van der Waals surface area contributed by atoms with Crippen molar-refractivity contribution in [2.45, 2.75) is 47.2 Å². The van der Waals surface area contributed by atoms with E-state index in [9.17, 15) is 39.2 Å². The van der Waals surface area contributed by atoms with E-state index in [1.54, 1.807) is 38.1 Å². The molecule has 2 atom stereocenters. The summed E-state index contributed by atoms with van der Waals surface area (Å²) in [6.07, 6.45) is 2.70. The van der Waals surface area contributed by atoms with Crippen LogP contribution < -0.4 is 5.32 Å². The first-order valence-corrected chi connectivity index (χ1v) is 17.5. The van der Waals surface area contributed by atoms with E-state index in [2.05, 4.69) is 4.85 Å². The second-order valence-electron chi connectivity index (χ2n) is 10.5. The molecule has 1 amide bonds. The normalized spacial score (nSPS) is 13.9. The third-order valence-electron chi connectivity index (χ3n) is 6.93. The van der Waals surface area contributed by atoms with Crippen LogP contribution in [0.3, 0.4) is 0 Å². The molecular weight excluding hydrogens is 673 g/mol. The molecule has 254 valence electrons. The summed E-state index contributed by atoms with van der Waals surface area (Å²) >= 11 is 0. The number of carbonyl (C=O) groups is 1. The molecule has 4 aromatic rings. The van der Waals surface area contributed by atoms with Crippen LogP contribution in [0.4, 0.5) is 17.6 Å². The molecule has 1 heterocycles. The maximum Gasteiger partial charge on any atom is 0.353 e. The van der Waals surface area contributed by atoms with Gasteiger partial charge in [0.15, 0.2) is 5.37 Å². The van der Waals surface area contributed by atoms with Crippen molar-refractivity contribution in [3.63, 3.8) is 0 Å². The van der Waals surface area contributed by atoms with E-state index in [-0.39, 0.29) is 16.2 Å². The number of carbonyl (C=O) groups excluding carboxylic acids is 1. The molecule has 1 aliphatic heterocycles. The van der Waals surface area contributed by atoms with Crippen LogP contribution in [0.25, 0.3) is 4.85 Å². The van der Waals surface area contributed by atoms with Crippen LogP contribution in [0.2, 0.25) is 0 Å². The van der Waals surface area contributed by atoms with Crippen LogP contribution in [-0.4, -0.2) is 36.5 Å². The molecule has 0 aliphatic carbocycles. The minimum Gasteiger partial charge on any atom is -0.381 e. The number of rotatable bonds is 8. The van der Waals surface area contributed by atoms with E-state index in [4.69, 9.17) is 11.3 Å². The first kappa shape index (κ1) is 37.9. The highest BCUT2D eigenvalue weighted by molar-refractivity contribution is 7.92. The Morgan fingerprint density at radius 3 is 1.56 bits per heavy atom. The van der Waals surface area contributed by atoms with Gasteiger partial charge < -0.3 is 10.1 Å². The fourth-order valence-corrected chi connectivity index (χ4v) is 7.33. The Labute approximate surface area is 277 Å². The zero-order valence-electron chi connectivity index (χ0n) is 25.9. The molecule has 0 saturated carbocycles. The van der Waals surface area contributed by atoms with Gasteiger partial charge in [-0.2, -0.15) is 0 Å². The summed E-state index contributed by atoms with van der Waals surface area (Å²) in [6, 6.07) is 16.6. The van der Waals surface area contributed by atoms with Crippen molar-refractivity contribution < 1.29 is 43.9 Å². The predicted octanol–water partition coefficient (Wildman–Crippen LogP) is 6.95. The highest BCUT2D eigenvalue weighted by Crippen LogP contribution is 2.32. The highest BCUT2D eigenvalue weighted by Gasteiger charge is 2.37. The summed E-state index contributed by atoms with van der Waals surface area (Å²) in [4.78, 5) is 13.5. The van der Waals surface area contributed by atoms with E-state index in [1.807, 2.05) is 5.32 Å². The zero-order valence-corrected chi connectivity index (χ0v) is 27.5. The van der Waals surface area contributed by atoms with Crippen LogP contribution in [0.1, 0.15) is 45.8 Å². The average molecular weight is 705 g/mol. The van der Waals surface area contributed by atoms with Gasteiger partial charge >= 0.3 is 5.37 Å². The molecule has 5 rings (SSSR count). The average Bonchev–Trinajstić information content (AvgIpc) is 3.64. The number of hydrogen-bond donors (Lipinski definition) is 1. The Balaban J connectivity index is 0.000000227. The number of ether oxygens (including phenoxy) is 1. The molecule has 4 aromatic carbocycles. The topological polar surface area (TPSA) is 111 Å². The van der Waals surface area contributed by atoms with Gasteiger partial charge in [0.05, 0.1) is 15.4 Å². The predicted molar refractivity (Wildman–Crippen MR) is 171 cm³/mol. The third-order valence-corrected chi connectivity index (χ3v) is 10.7. The molecule has 1 fully saturated rings. The Morgan fingerprint density at radius 1 is 0.708 bits per heavy atom. The second-order valence-corrected chi connectivity index (χ2v) is 14.6. The van der Waals surface area contributed by atoms with E-state index < -0.39 is 64.8 Å². The summed E-state index contributed by atoms with van der Waals surface area (Å²) in [5, 5.41) is -1.47. The molecule has 0 aromatic heterocycles. The number of aryl methyl sites for hydroxylation is 2. The van der Waals surface area contributed by atoms with Crippen molar-refractivity contribution in [3.8, 4) is 0 Å². The van der Waals surface area contributed by atoms with Gasteiger partial charge in [-0.15, -0.1) is 0 Å². The maximum absolute atomic E-state index is 13.9. The first-order valence-electron chi connectivity index (χ1n) is 14.4. The number of nitrogens with zero attached hydrogens (tertiary/aromatic N) is 1. The molecule has 14 heteroatoms. The molecule has 0 bridgehead atoms. The molecule has 0 spiro atoms. The summed E-state index contributed by atoms with van der Waals surface area (Å²) in [6.45, 7) is 12.6. The van der Waals surface area contributed by atoms with Gasteiger partial charge in [0, 0.05) is 18.8 Å². The van der Waals surface area contributed by atoms with Crippen molar-refractivity contribution in [2.75, 3.05) is 13.2 Å². The fourth-order valence-electron chi connectivity index (χ4n) is 4.36. The summed E-state index contributed by atoms with van der Waals surface area (Å²) in [5.74, 6) is -3.43. The SMILES string of the molecule is C1CCOC1.Cc1ccc(S(=O)(=O)C(NC=O)c2cc(F)ccc2F)cc1.[C-]#[N+]C(c1cc(F)ccc1F)S(=O)(=O)c1ccc(C)cc1. The quantitative estimate of drug-likeness (QED) is 0.121. The van der Waals surface area contributed by atoms with E-state index in [0.717, 1.165) is 60.7 Å². The Bertz CT molecular complexity index is 1950. The van der Waals surface area contributed by atoms with E-state index >= 15 is 0 Å². The Morgan fingerprint density at radius 2 is 1.15 bits per heavy atom. The maximum atomic E-state index is 13.9. The number of nitrogens with one attached hydrogen (secondary N) is 1. The number of amides is 1. The Kier molecular flexibility index (Phi) is 13.4. The van der Waals surface area contributed by atoms with Gasteiger partial charge in [0.25, 0.3) is 9.84 Å². The lowest BCUT2D eigenvalue weighted by atomic mass is 10.2. The minimum atomic E-state index is -4.12. The van der Waals surface area contributed by atoms with Crippen LogP contribution in [0, 0.1) is 43.7 Å². The van der Waals surface area contributed by atoms with Crippen LogP contribution >= 0.6 is 0 Å². The number of halogens is 4. The second kappa shape index (κ2) is 17.0. The third kappa shape index (κ3) is 9.72. The molecule has 1 aliphatic rings. The van der Waals surface area contributed by atoms with Crippen molar-refractivity contribution in [1.29, 1.82) is 0 Å². The lowest BCUT2D eigenvalue weighted by Crippen LogP contribution is -2.29. The molecule has 1 saturated heterocycles. The van der Waals surface area contributed by atoms with Crippen LogP contribution in [0.5, 0.6) is 0 Å². The summed E-state index contributed by atoms with van der Waals surface area (Å²) in [7, 11) is -8.24. The van der Waals surface area contributed by atoms with Gasteiger partial charge in [-0.3, -0.25) is 9.64 Å². The molecule has 48 heavy (non-hydrogen) atoms. The van der Waals surface area contributed by atoms with Gasteiger partial charge in [-0.05, 0) is 87.4 Å². The monoisotopic (exact) mass is 704 g/mol. The highest BCUT2D eigenvalue weighted by atomic mass is 32.2. The summed E-state index contributed by atoms with van der Waals surface area (Å²) < 4.78 is 109. The smallest absolute Gasteiger partial charge is 0.353 e. The lowest BCUT2D eigenvalue weighted by Gasteiger charge is -2.18. The van der Waals surface area contributed by atoms with Crippen LogP contribution in [0.15, 0.2) is 94.7 Å². The van der Waals surface area contributed by atoms with E-state index in [1.165, 1.54) is 37.1 Å². The largest absolute Gasteiger partial charge is 0.381 e. The molecule has 2 unspecified atom stereocenters. The van der Waals surface area contributed by atoms with Crippen LogP contribution in [-0.2, 0) is 29.2 Å². The first-order chi connectivity index (χ1) is 22.7. The molecular formula is C34H32F4N2O6S2. The number of hydrogen-bond acceptors (Lipinski definition) is 6. The van der Waals surface area contributed by atoms with E-state index in [0.29, 0.717) is 0 Å². The van der Waals surface area contributed by atoms with Gasteiger partial charge in [0.2, 0.25) is 16.2 Å². The minimum absolute atomic E-state index is 0.0962. The number of sulfone groups is 2. The van der Waals surface area contributed by atoms with Gasteiger partial charge in [-0.25, -0.2) is 41.0 Å². The number of benzene rings is 4. The van der Waals surface area contributed by atoms with Crippen molar-refractivity contribution in [1.82, 2.24) is 5.32 Å². The van der Waals surface area contributed by atoms with Crippen molar-refractivity contribution >= 4 is 26.1 Å².